The van der Waals surface area contributed by atoms with Gasteiger partial charge in [-0.3, -0.25) is 4.98 Å². The lowest BCUT2D eigenvalue weighted by molar-refractivity contribution is 0.415. The summed E-state index contributed by atoms with van der Waals surface area (Å²) in [7, 11) is 1.73. The smallest absolute Gasteiger partial charge is 0.119 e. The monoisotopic (exact) mass is 332 g/mol. The minimum atomic E-state index is 0.677. The summed E-state index contributed by atoms with van der Waals surface area (Å²) in [6.07, 6.45) is 5.00. The zero-order valence-electron chi connectivity index (χ0n) is 15.3. The predicted octanol–water partition coefficient (Wildman–Crippen LogP) is 5.71. The molecule has 3 nitrogen and oxygen atoms in total. The summed E-state index contributed by atoms with van der Waals surface area (Å²) in [4.78, 5) is 4.31. The Labute approximate surface area is 148 Å². The van der Waals surface area contributed by atoms with Crippen LogP contribution in [0.15, 0.2) is 42.7 Å². The van der Waals surface area contributed by atoms with Gasteiger partial charge in [0.15, 0.2) is 0 Å². The molecule has 0 saturated heterocycles. The van der Waals surface area contributed by atoms with Gasteiger partial charge in [0, 0.05) is 40.6 Å². The van der Waals surface area contributed by atoms with E-state index in [4.69, 9.17) is 4.74 Å². The van der Waals surface area contributed by atoms with E-state index in [1.54, 1.807) is 7.11 Å². The van der Waals surface area contributed by atoms with Crippen LogP contribution in [-0.4, -0.2) is 16.7 Å². The summed E-state index contributed by atoms with van der Waals surface area (Å²) in [5.74, 6) is 1.58. The molecule has 0 aliphatic heterocycles. The van der Waals surface area contributed by atoms with E-state index in [-0.39, 0.29) is 0 Å². The molecule has 2 aromatic carbocycles. The first-order valence-corrected chi connectivity index (χ1v) is 8.93. The van der Waals surface area contributed by atoms with Gasteiger partial charge in [0.1, 0.15) is 5.75 Å². The molecule has 0 radical (unpaired) electrons. The maximum Gasteiger partial charge on any atom is 0.119 e. The van der Waals surface area contributed by atoms with Crippen molar-refractivity contribution in [2.45, 2.75) is 33.7 Å². The molecule has 0 unspecified atom stereocenters. The number of aryl methyl sites for hydroxylation is 2. The Hall–Kier alpha value is -2.55. The maximum absolute atomic E-state index is 5.47. The molecule has 0 aliphatic rings. The van der Waals surface area contributed by atoms with Gasteiger partial charge in [0.05, 0.1) is 12.6 Å². The van der Waals surface area contributed by atoms with Crippen molar-refractivity contribution >= 4 is 32.6 Å². The van der Waals surface area contributed by atoms with E-state index < -0.39 is 0 Å². The van der Waals surface area contributed by atoms with Crippen LogP contribution < -0.4 is 4.74 Å². The van der Waals surface area contributed by atoms with E-state index in [0.717, 1.165) is 12.3 Å². The second-order valence-electron chi connectivity index (χ2n) is 7.21. The zero-order chi connectivity index (χ0) is 17.6. The van der Waals surface area contributed by atoms with Crippen molar-refractivity contribution in [2.24, 2.45) is 5.92 Å². The van der Waals surface area contributed by atoms with Gasteiger partial charge < -0.3 is 9.30 Å². The van der Waals surface area contributed by atoms with Crippen LogP contribution in [-0.2, 0) is 6.54 Å². The van der Waals surface area contributed by atoms with E-state index in [0.29, 0.717) is 5.92 Å². The molecule has 2 heterocycles. The predicted molar refractivity (Wildman–Crippen MR) is 105 cm³/mol. The highest BCUT2D eigenvalue weighted by atomic mass is 16.5. The minimum absolute atomic E-state index is 0.677. The lowest BCUT2D eigenvalue weighted by Gasteiger charge is -2.12. The number of ether oxygens (including phenoxy) is 1. The van der Waals surface area contributed by atoms with Crippen LogP contribution in [0.5, 0.6) is 5.75 Å². The molecule has 0 aliphatic carbocycles. The van der Waals surface area contributed by atoms with Crippen LogP contribution >= 0.6 is 0 Å². The SMILES string of the molecule is COc1ccc2c(c1)c1cc3cnccc3c(C)c1n2CCC(C)C. The lowest BCUT2D eigenvalue weighted by atomic mass is 10.0. The Bertz CT molecular complexity index is 1080. The van der Waals surface area contributed by atoms with Crippen LogP contribution in [0.1, 0.15) is 25.8 Å². The van der Waals surface area contributed by atoms with Gasteiger partial charge in [0.2, 0.25) is 0 Å². The molecular formula is C22H24N2O. The van der Waals surface area contributed by atoms with E-state index in [2.05, 4.69) is 60.7 Å². The number of benzene rings is 2. The third-order valence-electron chi connectivity index (χ3n) is 5.15. The summed E-state index contributed by atoms with van der Waals surface area (Å²) in [5.41, 5.74) is 3.94. The first-order chi connectivity index (χ1) is 12.1. The highest BCUT2D eigenvalue weighted by Crippen LogP contribution is 2.37. The third kappa shape index (κ3) is 2.55. The van der Waals surface area contributed by atoms with Crippen molar-refractivity contribution in [3.8, 4) is 5.75 Å². The van der Waals surface area contributed by atoms with Gasteiger partial charge in [0.25, 0.3) is 0 Å². The van der Waals surface area contributed by atoms with Crippen LogP contribution in [0.4, 0.5) is 0 Å². The van der Waals surface area contributed by atoms with Gasteiger partial charge in [-0.25, -0.2) is 0 Å². The number of rotatable bonds is 4. The molecule has 0 spiro atoms. The summed E-state index contributed by atoms with van der Waals surface area (Å²) in [6, 6.07) is 10.8. The molecule has 2 aromatic heterocycles. The largest absolute Gasteiger partial charge is 0.497 e. The molecule has 0 saturated carbocycles. The van der Waals surface area contributed by atoms with Crippen LogP contribution in [0.2, 0.25) is 0 Å². The standard InChI is InChI=1S/C22H24N2O/c1-14(2)8-10-24-21-6-5-17(25-4)12-19(21)20-11-16-13-23-9-7-18(16)15(3)22(20)24/h5-7,9,11-14H,8,10H2,1-4H3. The van der Waals surface area contributed by atoms with Crippen molar-refractivity contribution in [3.63, 3.8) is 0 Å². The summed E-state index contributed by atoms with van der Waals surface area (Å²) >= 11 is 0. The van der Waals surface area contributed by atoms with Gasteiger partial charge in [-0.15, -0.1) is 0 Å². The van der Waals surface area contributed by atoms with Crippen molar-refractivity contribution in [2.75, 3.05) is 7.11 Å². The number of fused-ring (bicyclic) bond motifs is 4. The first-order valence-electron chi connectivity index (χ1n) is 8.93. The topological polar surface area (TPSA) is 27.1 Å². The fourth-order valence-electron chi connectivity index (χ4n) is 3.80. The molecule has 128 valence electrons. The molecule has 25 heavy (non-hydrogen) atoms. The van der Waals surface area contributed by atoms with Crippen molar-refractivity contribution in [3.05, 3.63) is 48.3 Å². The molecule has 3 heteroatoms. The second kappa shape index (κ2) is 6.07. The number of pyridine rings is 1. The van der Waals surface area contributed by atoms with Crippen LogP contribution in [0, 0.1) is 12.8 Å². The lowest BCUT2D eigenvalue weighted by Crippen LogP contribution is -2.02. The Morgan fingerprint density at radius 2 is 1.92 bits per heavy atom. The second-order valence-corrected chi connectivity index (χ2v) is 7.21. The number of aromatic nitrogens is 2. The van der Waals surface area contributed by atoms with Crippen LogP contribution in [0.25, 0.3) is 32.6 Å². The van der Waals surface area contributed by atoms with Gasteiger partial charge >= 0.3 is 0 Å². The average Bonchev–Trinajstić information content (AvgIpc) is 2.93. The zero-order valence-corrected chi connectivity index (χ0v) is 15.3. The van der Waals surface area contributed by atoms with E-state index in [1.807, 2.05) is 12.4 Å². The molecule has 0 atom stereocenters. The van der Waals surface area contributed by atoms with Crippen LogP contribution in [0.3, 0.4) is 0 Å². The molecule has 4 aromatic rings. The Balaban J connectivity index is 2.12. The number of hydrogen-bond donors (Lipinski definition) is 0. The molecule has 0 amide bonds. The van der Waals surface area contributed by atoms with E-state index >= 15 is 0 Å². The molecule has 0 bridgehead atoms. The summed E-state index contributed by atoms with van der Waals surface area (Å²) < 4.78 is 7.96. The maximum atomic E-state index is 5.47. The minimum Gasteiger partial charge on any atom is -0.497 e. The number of nitrogens with zero attached hydrogens (tertiary/aromatic N) is 2. The summed E-state index contributed by atoms with van der Waals surface area (Å²) in [5, 5.41) is 5.02. The quantitative estimate of drug-likeness (QED) is 0.479. The third-order valence-corrected chi connectivity index (χ3v) is 5.15. The fourth-order valence-corrected chi connectivity index (χ4v) is 3.80. The highest BCUT2D eigenvalue weighted by molar-refractivity contribution is 6.14. The highest BCUT2D eigenvalue weighted by Gasteiger charge is 2.16. The van der Waals surface area contributed by atoms with Gasteiger partial charge in [-0.1, -0.05) is 13.8 Å². The fraction of sp³-hybridized carbons (Fsp3) is 0.318. The molecule has 0 N–H and O–H groups in total. The molecule has 4 rings (SSSR count). The molecular weight excluding hydrogens is 308 g/mol. The van der Waals surface area contributed by atoms with Gasteiger partial charge in [-0.2, -0.15) is 0 Å². The van der Waals surface area contributed by atoms with Gasteiger partial charge in [-0.05, 0) is 60.5 Å². The van der Waals surface area contributed by atoms with Crippen molar-refractivity contribution < 1.29 is 4.74 Å². The number of hydrogen-bond acceptors (Lipinski definition) is 2. The van der Waals surface area contributed by atoms with E-state index in [9.17, 15) is 0 Å². The normalized spacial score (nSPS) is 11.9. The van der Waals surface area contributed by atoms with E-state index in [1.165, 1.54) is 44.6 Å². The van der Waals surface area contributed by atoms with Crippen molar-refractivity contribution in [1.82, 2.24) is 9.55 Å². The number of methoxy groups -OCH3 is 1. The molecule has 0 fully saturated rings. The first kappa shape index (κ1) is 15.9. The summed E-state index contributed by atoms with van der Waals surface area (Å²) in [6.45, 7) is 7.82. The Morgan fingerprint density at radius 1 is 1.08 bits per heavy atom. The Morgan fingerprint density at radius 3 is 2.68 bits per heavy atom. The van der Waals surface area contributed by atoms with Crippen molar-refractivity contribution in [1.29, 1.82) is 0 Å². The average molecular weight is 332 g/mol. The Kier molecular flexibility index (Phi) is 3.87.